The van der Waals surface area contributed by atoms with Gasteiger partial charge in [0.05, 0.1) is 14.2 Å². The van der Waals surface area contributed by atoms with Crippen LogP contribution < -0.4 is 14.2 Å². The number of para-hydroxylation sites is 1. The van der Waals surface area contributed by atoms with Crippen molar-refractivity contribution in [2.45, 2.75) is 26.3 Å². The normalized spacial score (nSPS) is 14.9. The van der Waals surface area contributed by atoms with Gasteiger partial charge in [-0.05, 0) is 55.3 Å². The van der Waals surface area contributed by atoms with Crippen molar-refractivity contribution in [1.82, 2.24) is 9.88 Å². The molecule has 0 unspecified atom stereocenters. The van der Waals surface area contributed by atoms with Gasteiger partial charge in [0.2, 0.25) is 0 Å². The summed E-state index contributed by atoms with van der Waals surface area (Å²) in [6.45, 7) is 3.66. The van der Waals surface area contributed by atoms with Gasteiger partial charge in [0.1, 0.15) is 23.3 Å². The summed E-state index contributed by atoms with van der Waals surface area (Å²) in [6.07, 6.45) is 0.683. The summed E-state index contributed by atoms with van der Waals surface area (Å²) in [5.41, 5.74) is 5.12. The number of fused-ring (bicyclic) bond motifs is 3. The van der Waals surface area contributed by atoms with Gasteiger partial charge in [-0.1, -0.05) is 24.3 Å². The van der Waals surface area contributed by atoms with Crippen LogP contribution in [0.15, 0.2) is 60.7 Å². The molecule has 2 heterocycles. The van der Waals surface area contributed by atoms with E-state index in [1.54, 1.807) is 39.3 Å². The highest BCUT2D eigenvalue weighted by Crippen LogP contribution is 2.43. The van der Waals surface area contributed by atoms with Crippen molar-refractivity contribution < 1.29 is 23.8 Å². The fraction of sp³-hybridized carbons (Fsp3) is 0.241. The summed E-state index contributed by atoms with van der Waals surface area (Å²) >= 11 is 0. The van der Waals surface area contributed by atoms with E-state index < -0.39 is 12.0 Å². The van der Waals surface area contributed by atoms with Gasteiger partial charge in [-0.25, -0.2) is 0 Å². The number of nitrogens with zero attached hydrogens (tertiary/aromatic N) is 1. The van der Waals surface area contributed by atoms with Crippen molar-refractivity contribution in [3.05, 3.63) is 88.6 Å². The minimum Gasteiger partial charge on any atom is -0.497 e. The van der Waals surface area contributed by atoms with E-state index in [0.717, 1.165) is 33.5 Å². The summed E-state index contributed by atoms with van der Waals surface area (Å²) in [4.78, 5) is 31.1. The van der Waals surface area contributed by atoms with Crippen molar-refractivity contribution >= 4 is 22.8 Å². The Morgan fingerprint density at radius 3 is 2.50 bits per heavy atom. The summed E-state index contributed by atoms with van der Waals surface area (Å²) in [6, 6.07) is 18.5. The molecule has 1 aliphatic heterocycles. The molecule has 1 aliphatic rings. The van der Waals surface area contributed by atoms with E-state index in [4.69, 9.17) is 14.2 Å². The standard InChI is InChI=1S/C29H28N2O5/c1-17-20(9-7-11-25(17)36-18(2)32)29(33)31-15-14-21-23-16-19(34-3)12-13-24(23)30-27(21)28(31)22-8-5-6-10-26(22)35-4/h5-13,16,28,30H,14-15H2,1-4H3/t28-/m0/s1. The molecule has 4 aromatic rings. The maximum Gasteiger partial charge on any atom is 0.308 e. The smallest absolute Gasteiger partial charge is 0.308 e. The van der Waals surface area contributed by atoms with Gasteiger partial charge in [-0.15, -0.1) is 0 Å². The van der Waals surface area contributed by atoms with Gasteiger partial charge in [0, 0.05) is 46.8 Å². The fourth-order valence-corrected chi connectivity index (χ4v) is 5.10. The van der Waals surface area contributed by atoms with Gasteiger partial charge in [0.25, 0.3) is 5.91 Å². The third-order valence-corrected chi connectivity index (χ3v) is 6.80. The SMILES string of the molecule is COc1ccc2[nH]c3c(c2c1)CCN(C(=O)c1cccc(OC(C)=O)c1C)[C@H]3c1ccccc1OC. The van der Waals surface area contributed by atoms with Crippen LogP contribution in [0.4, 0.5) is 0 Å². The number of benzene rings is 3. The zero-order valence-electron chi connectivity index (χ0n) is 20.8. The second-order valence-corrected chi connectivity index (χ2v) is 8.84. The Kier molecular flexibility index (Phi) is 6.14. The number of ether oxygens (including phenoxy) is 3. The third-order valence-electron chi connectivity index (χ3n) is 6.80. The number of hydrogen-bond donors (Lipinski definition) is 1. The zero-order chi connectivity index (χ0) is 25.4. The number of nitrogens with one attached hydrogen (secondary N) is 1. The molecule has 36 heavy (non-hydrogen) atoms. The lowest BCUT2D eigenvalue weighted by atomic mass is 9.90. The molecule has 0 aliphatic carbocycles. The van der Waals surface area contributed by atoms with Crippen LogP contribution in [0.5, 0.6) is 17.2 Å². The lowest BCUT2D eigenvalue weighted by Crippen LogP contribution is -2.41. The maximum atomic E-state index is 14.1. The van der Waals surface area contributed by atoms with Crippen molar-refractivity contribution in [3.8, 4) is 17.2 Å². The van der Waals surface area contributed by atoms with Crippen LogP contribution in [-0.2, 0) is 11.2 Å². The Bertz CT molecular complexity index is 1470. The lowest BCUT2D eigenvalue weighted by Gasteiger charge is -2.37. The monoisotopic (exact) mass is 484 g/mol. The first-order valence-electron chi connectivity index (χ1n) is 11.8. The number of hydrogen-bond acceptors (Lipinski definition) is 5. The van der Waals surface area contributed by atoms with E-state index in [1.807, 2.05) is 47.4 Å². The minimum atomic E-state index is -0.425. The Hall–Kier alpha value is -4.26. The molecule has 5 rings (SSSR count). The van der Waals surface area contributed by atoms with Crippen molar-refractivity contribution in [2.24, 2.45) is 0 Å². The highest BCUT2D eigenvalue weighted by Gasteiger charge is 2.37. The molecule has 3 aromatic carbocycles. The Morgan fingerprint density at radius 1 is 0.972 bits per heavy atom. The Balaban J connectivity index is 1.67. The summed E-state index contributed by atoms with van der Waals surface area (Å²) in [5.74, 6) is 1.31. The first kappa shape index (κ1) is 23.5. The number of rotatable bonds is 5. The van der Waals surface area contributed by atoms with E-state index >= 15 is 0 Å². The minimum absolute atomic E-state index is 0.140. The van der Waals surface area contributed by atoms with Crippen LogP contribution in [0.2, 0.25) is 0 Å². The Labute approximate surface area is 209 Å². The van der Waals surface area contributed by atoms with Crippen LogP contribution in [0, 0.1) is 6.92 Å². The number of carbonyl (C=O) groups is 2. The van der Waals surface area contributed by atoms with E-state index in [1.165, 1.54) is 6.92 Å². The number of methoxy groups -OCH3 is 2. The molecule has 0 radical (unpaired) electrons. The number of carbonyl (C=O) groups excluding carboxylic acids is 2. The molecule has 0 bridgehead atoms. The first-order valence-corrected chi connectivity index (χ1v) is 11.8. The van der Waals surface area contributed by atoms with Crippen LogP contribution in [0.25, 0.3) is 10.9 Å². The Morgan fingerprint density at radius 2 is 1.75 bits per heavy atom. The number of H-pyrrole nitrogens is 1. The molecular formula is C29H28N2O5. The summed E-state index contributed by atoms with van der Waals surface area (Å²) in [5, 5.41) is 1.09. The van der Waals surface area contributed by atoms with Crippen molar-refractivity contribution in [1.29, 1.82) is 0 Å². The first-order chi connectivity index (χ1) is 17.4. The summed E-state index contributed by atoms with van der Waals surface area (Å²) < 4.78 is 16.5. The van der Waals surface area contributed by atoms with Crippen molar-refractivity contribution in [2.75, 3.05) is 20.8 Å². The topological polar surface area (TPSA) is 80.9 Å². The average Bonchev–Trinajstić information content (AvgIpc) is 3.26. The molecule has 184 valence electrons. The molecule has 7 heteroatoms. The second kappa shape index (κ2) is 9.41. The predicted molar refractivity (Wildman–Crippen MR) is 137 cm³/mol. The lowest BCUT2D eigenvalue weighted by molar-refractivity contribution is -0.131. The number of esters is 1. The number of amides is 1. The van der Waals surface area contributed by atoms with Crippen LogP contribution in [0.3, 0.4) is 0 Å². The molecule has 0 fully saturated rings. The highest BCUT2D eigenvalue weighted by atomic mass is 16.5. The molecule has 1 N–H and O–H groups in total. The number of aromatic amines is 1. The molecule has 1 amide bonds. The molecule has 1 aromatic heterocycles. The largest absolute Gasteiger partial charge is 0.497 e. The second-order valence-electron chi connectivity index (χ2n) is 8.84. The van der Waals surface area contributed by atoms with E-state index in [0.29, 0.717) is 35.6 Å². The van der Waals surface area contributed by atoms with E-state index in [-0.39, 0.29) is 5.91 Å². The molecule has 0 saturated carbocycles. The van der Waals surface area contributed by atoms with Gasteiger partial charge >= 0.3 is 5.97 Å². The quantitative estimate of drug-likeness (QED) is 0.311. The average molecular weight is 485 g/mol. The van der Waals surface area contributed by atoms with Crippen LogP contribution in [0.1, 0.15) is 45.7 Å². The van der Waals surface area contributed by atoms with Gasteiger partial charge in [-0.3, -0.25) is 9.59 Å². The maximum absolute atomic E-state index is 14.1. The molecule has 0 spiro atoms. The zero-order valence-corrected chi connectivity index (χ0v) is 20.8. The van der Waals surface area contributed by atoms with E-state index in [2.05, 4.69) is 4.98 Å². The van der Waals surface area contributed by atoms with Crippen LogP contribution in [-0.4, -0.2) is 42.5 Å². The molecule has 1 atom stereocenters. The molecule has 7 nitrogen and oxygen atoms in total. The molecular weight excluding hydrogens is 456 g/mol. The summed E-state index contributed by atoms with van der Waals surface area (Å²) in [7, 11) is 3.29. The third kappa shape index (κ3) is 3.96. The predicted octanol–water partition coefficient (Wildman–Crippen LogP) is 5.21. The van der Waals surface area contributed by atoms with Gasteiger partial charge < -0.3 is 24.1 Å². The number of aromatic nitrogens is 1. The van der Waals surface area contributed by atoms with Crippen molar-refractivity contribution in [3.63, 3.8) is 0 Å². The van der Waals surface area contributed by atoms with Gasteiger partial charge in [0.15, 0.2) is 0 Å². The van der Waals surface area contributed by atoms with E-state index in [9.17, 15) is 9.59 Å². The van der Waals surface area contributed by atoms with Crippen LogP contribution >= 0.6 is 0 Å². The van der Waals surface area contributed by atoms with Gasteiger partial charge in [-0.2, -0.15) is 0 Å². The molecule has 0 saturated heterocycles. The fourth-order valence-electron chi connectivity index (χ4n) is 5.10. The highest BCUT2D eigenvalue weighted by molar-refractivity contribution is 5.98.